The molecular weight excluding hydrogens is 292 g/mol. The number of nitrogens with zero attached hydrogens (tertiary/aromatic N) is 1. The van der Waals surface area contributed by atoms with Crippen molar-refractivity contribution in [3.63, 3.8) is 0 Å². The van der Waals surface area contributed by atoms with Gasteiger partial charge in [0.05, 0.1) is 0 Å². The van der Waals surface area contributed by atoms with Gasteiger partial charge in [0.25, 0.3) is 5.91 Å². The van der Waals surface area contributed by atoms with Crippen LogP contribution >= 0.6 is 0 Å². The van der Waals surface area contributed by atoms with Crippen molar-refractivity contribution >= 4 is 17.4 Å². The molecule has 1 fully saturated rings. The molecule has 0 bridgehead atoms. The van der Waals surface area contributed by atoms with Crippen molar-refractivity contribution in [3.05, 3.63) is 29.3 Å². The first-order chi connectivity index (χ1) is 10.8. The van der Waals surface area contributed by atoms with Crippen molar-refractivity contribution in [2.24, 2.45) is 10.5 Å². The van der Waals surface area contributed by atoms with Crippen molar-refractivity contribution in [3.8, 4) is 5.75 Å². The molecule has 1 aromatic rings. The Morgan fingerprint density at radius 1 is 1.26 bits per heavy atom. The summed E-state index contributed by atoms with van der Waals surface area (Å²) in [4.78, 5) is 23.6. The minimum atomic E-state index is -0.323. The molecule has 1 aliphatic carbocycles. The summed E-state index contributed by atoms with van der Waals surface area (Å²) in [5, 5.41) is 4.10. The van der Waals surface area contributed by atoms with Gasteiger partial charge in [-0.15, -0.1) is 0 Å². The third kappa shape index (κ3) is 4.91. The molecule has 23 heavy (non-hydrogen) atoms. The lowest BCUT2D eigenvalue weighted by Gasteiger charge is -2.28. The molecule has 5 heteroatoms. The smallest absolute Gasteiger partial charge is 0.277 e. The summed E-state index contributed by atoms with van der Waals surface area (Å²) in [6, 6.07) is 5.83. The van der Waals surface area contributed by atoms with E-state index < -0.39 is 0 Å². The Morgan fingerprint density at radius 3 is 2.52 bits per heavy atom. The van der Waals surface area contributed by atoms with E-state index >= 15 is 0 Å². The van der Waals surface area contributed by atoms with Crippen LogP contribution in [0.2, 0.25) is 0 Å². The van der Waals surface area contributed by atoms with Crippen LogP contribution in [-0.2, 0) is 9.59 Å². The molecule has 0 aliphatic heterocycles. The van der Waals surface area contributed by atoms with E-state index in [1.54, 1.807) is 0 Å². The molecule has 1 amide bonds. The number of rotatable bonds is 4. The second-order valence-corrected chi connectivity index (χ2v) is 6.96. The van der Waals surface area contributed by atoms with Crippen LogP contribution in [0.4, 0.5) is 0 Å². The Morgan fingerprint density at radius 2 is 1.91 bits per heavy atom. The van der Waals surface area contributed by atoms with Crippen molar-refractivity contribution < 1.29 is 14.3 Å². The van der Waals surface area contributed by atoms with Crippen molar-refractivity contribution in [2.45, 2.75) is 47.0 Å². The number of para-hydroxylation sites is 1. The van der Waals surface area contributed by atoms with E-state index in [1.165, 1.54) is 0 Å². The minimum Gasteiger partial charge on any atom is -0.483 e. The first-order valence-corrected chi connectivity index (χ1v) is 7.82. The number of nitrogens with one attached hydrogen (secondary N) is 1. The van der Waals surface area contributed by atoms with Gasteiger partial charge in [0.15, 0.2) is 6.61 Å². The number of ketones is 1. The largest absolute Gasteiger partial charge is 0.483 e. The fourth-order valence-electron chi connectivity index (χ4n) is 2.92. The van der Waals surface area contributed by atoms with Gasteiger partial charge in [0.2, 0.25) is 0 Å². The van der Waals surface area contributed by atoms with E-state index in [9.17, 15) is 9.59 Å². The molecule has 5 nitrogen and oxygen atoms in total. The molecule has 0 saturated heterocycles. The Kier molecular flexibility index (Phi) is 5.19. The van der Waals surface area contributed by atoms with Crippen LogP contribution in [0, 0.1) is 19.3 Å². The molecular formula is C18H24N2O3. The second-order valence-electron chi connectivity index (χ2n) is 6.96. The van der Waals surface area contributed by atoms with Crippen LogP contribution in [0.25, 0.3) is 0 Å². The zero-order valence-electron chi connectivity index (χ0n) is 14.2. The van der Waals surface area contributed by atoms with Crippen molar-refractivity contribution in [2.75, 3.05) is 6.61 Å². The predicted molar refractivity (Wildman–Crippen MR) is 89.6 cm³/mol. The van der Waals surface area contributed by atoms with E-state index in [1.807, 2.05) is 45.9 Å². The highest BCUT2D eigenvalue weighted by atomic mass is 16.5. The lowest BCUT2D eigenvalue weighted by atomic mass is 9.76. The van der Waals surface area contributed by atoms with Gasteiger partial charge in [-0.25, -0.2) is 5.43 Å². The minimum absolute atomic E-state index is 0.0896. The molecule has 1 aliphatic rings. The third-order valence-corrected chi connectivity index (χ3v) is 3.85. The van der Waals surface area contributed by atoms with Crippen LogP contribution in [0.1, 0.15) is 44.2 Å². The van der Waals surface area contributed by atoms with E-state index in [0.717, 1.165) is 29.0 Å². The summed E-state index contributed by atoms with van der Waals surface area (Å²) >= 11 is 0. The average Bonchev–Trinajstić information content (AvgIpc) is 2.42. The number of carbonyl (C=O) groups is 2. The maximum absolute atomic E-state index is 11.9. The van der Waals surface area contributed by atoms with Gasteiger partial charge in [0.1, 0.15) is 11.5 Å². The molecule has 0 heterocycles. The second kappa shape index (κ2) is 6.94. The fraction of sp³-hybridized carbons (Fsp3) is 0.500. The van der Waals surface area contributed by atoms with Crippen LogP contribution < -0.4 is 10.2 Å². The normalized spacial score (nSPS) is 18.8. The quantitative estimate of drug-likeness (QED) is 0.868. The summed E-state index contributed by atoms with van der Waals surface area (Å²) in [7, 11) is 0. The van der Waals surface area contributed by atoms with Gasteiger partial charge in [-0.2, -0.15) is 5.10 Å². The Balaban J connectivity index is 1.90. The van der Waals surface area contributed by atoms with Crippen molar-refractivity contribution in [1.82, 2.24) is 5.43 Å². The first-order valence-electron chi connectivity index (χ1n) is 7.82. The summed E-state index contributed by atoms with van der Waals surface area (Å²) in [5.41, 5.74) is 5.11. The number of hydrogen-bond donors (Lipinski definition) is 1. The fourth-order valence-corrected chi connectivity index (χ4v) is 2.92. The summed E-state index contributed by atoms with van der Waals surface area (Å²) < 4.78 is 5.58. The number of Topliss-reactive ketones (excluding diaryl/α,β-unsaturated/α-hetero) is 1. The molecule has 0 unspecified atom stereocenters. The Bertz CT molecular complexity index is 627. The van der Waals surface area contributed by atoms with Gasteiger partial charge in [0, 0.05) is 18.6 Å². The van der Waals surface area contributed by atoms with Gasteiger partial charge in [-0.1, -0.05) is 32.0 Å². The SMILES string of the molecule is Cc1cccc(C)c1OCC(=O)N/N=C1/CC(=O)CC(C)(C)C1. The van der Waals surface area contributed by atoms with Crippen LogP contribution in [0.5, 0.6) is 5.75 Å². The maximum atomic E-state index is 11.9. The number of benzene rings is 1. The topological polar surface area (TPSA) is 67.8 Å². The Hall–Kier alpha value is -2.17. The number of hydrogen-bond acceptors (Lipinski definition) is 4. The highest BCUT2D eigenvalue weighted by molar-refractivity contribution is 6.05. The third-order valence-electron chi connectivity index (χ3n) is 3.85. The number of hydrazone groups is 1. The zero-order valence-corrected chi connectivity index (χ0v) is 14.2. The first kappa shape index (κ1) is 17.2. The van der Waals surface area contributed by atoms with Gasteiger partial charge >= 0.3 is 0 Å². The molecule has 0 atom stereocenters. The van der Waals surface area contributed by atoms with Crippen LogP contribution in [0.3, 0.4) is 0 Å². The van der Waals surface area contributed by atoms with E-state index in [2.05, 4.69) is 10.5 Å². The maximum Gasteiger partial charge on any atom is 0.277 e. The highest BCUT2D eigenvalue weighted by Gasteiger charge is 2.30. The lowest BCUT2D eigenvalue weighted by molar-refractivity contribution is -0.123. The predicted octanol–water partition coefficient (Wildman–Crippen LogP) is 2.93. The molecule has 0 spiro atoms. The number of aryl methyl sites for hydroxylation is 2. The van der Waals surface area contributed by atoms with Crippen LogP contribution in [-0.4, -0.2) is 24.0 Å². The molecule has 1 saturated carbocycles. The average molecular weight is 316 g/mol. The van der Waals surface area contributed by atoms with Gasteiger partial charge < -0.3 is 4.74 Å². The molecule has 124 valence electrons. The molecule has 2 rings (SSSR count). The lowest BCUT2D eigenvalue weighted by Crippen LogP contribution is -2.32. The van der Waals surface area contributed by atoms with Gasteiger partial charge in [-0.05, 0) is 36.8 Å². The summed E-state index contributed by atoms with van der Waals surface area (Å²) in [5.74, 6) is 0.571. The molecule has 0 radical (unpaired) electrons. The monoisotopic (exact) mass is 316 g/mol. The zero-order chi connectivity index (χ0) is 17.0. The number of amides is 1. The summed E-state index contributed by atoms with van der Waals surface area (Å²) in [6.07, 6.45) is 1.61. The van der Waals surface area contributed by atoms with E-state index in [-0.39, 0.29) is 23.7 Å². The van der Waals surface area contributed by atoms with Crippen LogP contribution in [0.15, 0.2) is 23.3 Å². The molecule has 1 N–H and O–H groups in total. The number of carbonyl (C=O) groups excluding carboxylic acids is 2. The Labute approximate surface area is 137 Å². The molecule has 0 aromatic heterocycles. The van der Waals surface area contributed by atoms with E-state index in [0.29, 0.717) is 12.8 Å². The highest BCUT2D eigenvalue weighted by Crippen LogP contribution is 2.31. The van der Waals surface area contributed by atoms with Gasteiger partial charge in [-0.3, -0.25) is 9.59 Å². The summed E-state index contributed by atoms with van der Waals surface area (Å²) in [6.45, 7) is 7.85. The standard InChI is InChI=1S/C18H24N2O3/c1-12-6-5-7-13(2)17(12)23-11-16(22)20-19-14-8-15(21)10-18(3,4)9-14/h5-7H,8-11H2,1-4H3,(H,20,22)/b19-14-. The van der Waals surface area contributed by atoms with E-state index in [4.69, 9.17) is 4.74 Å². The number of ether oxygens (including phenoxy) is 1. The van der Waals surface area contributed by atoms with Crippen molar-refractivity contribution in [1.29, 1.82) is 0 Å². The molecule has 1 aromatic carbocycles.